The molecule has 4 N–H and O–H groups in total. The molecule has 7 nitrogen and oxygen atoms in total. The summed E-state index contributed by atoms with van der Waals surface area (Å²) in [6.45, 7) is 6.53. The van der Waals surface area contributed by atoms with E-state index in [1.165, 1.54) is 18.5 Å². The van der Waals surface area contributed by atoms with Crippen LogP contribution in [0.5, 0.6) is 0 Å². The topological polar surface area (TPSA) is 89.3 Å². The molecule has 1 atom stereocenters. The Morgan fingerprint density at radius 3 is 2.53 bits per heavy atom. The molecular weight excluding hydrogens is 450 g/mol. The van der Waals surface area contributed by atoms with Crippen LogP contribution in [-0.2, 0) is 17.8 Å². The zero-order valence-corrected chi connectivity index (χ0v) is 21.1. The zero-order chi connectivity index (χ0) is 24.9. The average molecular weight is 488 g/mol. The molecule has 1 aliphatic carbocycles. The minimum atomic E-state index is -0.547. The van der Waals surface area contributed by atoms with Crippen LogP contribution >= 0.6 is 0 Å². The number of aryl methyl sites for hydroxylation is 1. The summed E-state index contributed by atoms with van der Waals surface area (Å²) in [7, 11) is 0. The minimum absolute atomic E-state index is 0.121. The molecule has 2 heterocycles. The average Bonchev–Trinajstić information content (AvgIpc) is 3.68. The first-order valence-corrected chi connectivity index (χ1v) is 13.3. The standard InChI is InChI=1S/C29H37N5O2/c1-2-23-24-5-3-4-6-25(24)32-27(23)29(36)33-26(14-11-20-7-8-20)28(35)31-19-21-9-12-22(13-10-21)34-17-15-30-16-18-34/h3-6,9-10,12-13,20,26,30,32H,2,7-8,11,14-19H2,1H3,(H,31,35)(H,33,36)/t26-/m0/s1. The Bertz CT molecular complexity index is 1190. The number of hydrogen-bond donors (Lipinski definition) is 4. The van der Waals surface area contributed by atoms with Crippen molar-refractivity contribution in [1.82, 2.24) is 20.9 Å². The van der Waals surface area contributed by atoms with Gasteiger partial charge >= 0.3 is 0 Å². The maximum Gasteiger partial charge on any atom is 0.268 e. The second kappa shape index (κ2) is 11.2. The monoisotopic (exact) mass is 487 g/mol. The van der Waals surface area contributed by atoms with Crippen molar-refractivity contribution in [3.63, 3.8) is 0 Å². The molecule has 2 aromatic carbocycles. The highest BCUT2D eigenvalue weighted by molar-refractivity contribution is 6.02. The fourth-order valence-electron chi connectivity index (χ4n) is 5.13. The highest BCUT2D eigenvalue weighted by Gasteiger charge is 2.28. The van der Waals surface area contributed by atoms with Crippen LogP contribution in [0.25, 0.3) is 10.9 Å². The van der Waals surface area contributed by atoms with Gasteiger partial charge in [-0.3, -0.25) is 9.59 Å². The Balaban J connectivity index is 1.23. The third-order valence-corrected chi connectivity index (χ3v) is 7.46. The third kappa shape index (κ3) is 5.73. The van der Waals surface area contributed by atoms with E-state index in [4.69, 9.17) is 0 Å². The van der Waals surface area contributed by atoms with Crippen LogP contribution in [0.2, 0.25) is 0 Å². The maximum absolute atomic E-state index is 13.3. The molecule has 1 saturated heterocycles. The van der Waals surface area contributed by atoms with Gasteiger partial charge in [-0.1, -0.05) is 50.1 Å². The van der Waals surface area contributed by atoms with Gasteiger partial charge in [0.15, 0.2) is 0 Å². The van der Waals surface area contributed by atoms with Crippen molar-refractivity contribution in [2.75, 3.05) is 31.1 Å². The van der Waals surface area contributed by atoms with Crippen LogP contribution in [0.1, 0.15) is 54.2 Å². The number of nitrogens with zero attached hydrogens (tertiary/aromatic N) is 1. The number of carbonyl (C=O) groups excluding carboxylic acids is 2. The first-order chi connectivity index (χ1) is 17.6. The van der Waals surface area contributed by atoms with Gasteiger partial charge in [-0.05, 0) is 54.5 Å². The second-order valence-electron chi connectivity index (χ2n) is 10.0. The molecule has 7 heteroatoms. The number of anilines is 1. The van der Waals surface area contributed by atoms with Gasteiger partial charge in [0.1, 0.15) is 11.7 Å². The molecular formula is C29H37N5O2. The Morgan fingerprint density at radius 2 is 1.81 bits per heavy atom. The summed E-state index contributed by atoms with van der Waals surface area (Å²) in [6, 6.07) is 15.8. The molecule has 0 radical (unpaired) electrons. The SMILES string of the molecule is CCc1c(C(=O)N[C@@H](CCC2CC2)C(=O)NCc2ccc(N3CCNCC3)cc2)[nH]c2ccccc12. The summed E-state index contributed by atoms with van der Waals surface area (Å²) in [5.41, 5.74) is 4.77. The van der Waals surface area contributed by atoms with E-state index in [1.807, 2.05) is 24.3 Å². The smallest absolute Gasteiger partial charge is 0.268 e. The van der Waals surface area contributed by atoms with E-state index in [0.29, 0.717) is 24.6 Å². The summed E-state index contributed by atoms with van der Waals surface area (Å²) in [5, 5.41) is 10.6. The van der Waals surface area contributed by atoms with Crippen molar-refractivity contribution in [3.8, 4) is 0 Å². The number of H-pyrrole nitrogens is 1. The molecule has 1 aliphatic heterocycles. The number of aromatic amines is 1. The molecule has 36 heavy (non-hydrogen) atoms. The van der Waals surface area contributed by atoms with Gasteiger partial charge < -0.3 is 25.8 Å². The summed E-state index contributed by atoms with van der Waals surface area (Å²) in [6.07, 6.45) is 4.82. The van der Waals surface area contributed by atoms with E-state index in [2.05, 4.69) is 57.0 Å². The Labute approximate surface area is 213 Å². The number of amides is 2. The molecule has 0 unspecified atom stereocenters. The zero-order valence-electron chi connectivity index (χ0n) is 21.1. The lowest BCUT2D eigenvalue weighted by molar-refractivity contribution is -0.123. The molecule has 3 aromatic rings. The first-order valence-electron chi connectivity index (χ1n) is 13.3. The summed E-state index contributed by atoms with van der Waals surface area (Å²) < 4.78 is 0. The van der Waals surface area contributed by atoms with Crippen molar-refractivity contribution < 1.29 is 9.59 Å². The van der Waals surface area contributed by atoms with Gasteiger partial charge in [0.05, 0.1) is 0 Å². The van der Waals surface area contributed by atoms with E-state index in [0.717, 1.165) is 61.1 Å². The molecule has 1 saturated carbocycles. The van der Waals surface area contributed by atoms with Gasteiger partial charge in [-0.25, -0.2) is 0 Å². The van der Waals surface area contributed by atoms with Crippen LogP contribution in [0.15, 0.2) is 48.5 Å². The number of rotatable bonds is 10. The Kier molecular flexibility index (Phi) is 7.56. The summed E-state index contributed by atoms with van der Waals surface area (Å²) in [4.78, 5) is 32.2. The molecule has 0 spiro atoms. The molecule has 190 valence electrons. The number of fused-ring (bicyclic) bond motifs is 1. The van der Waals surface area contributed by atoms with Gasteiger partial charge in [-0.15, -0.1) is 0 Å². The molecule has 2 amide bonds. The van der Waals surface area contributed by atoms with Crippen molar-refractivity contribution in [3.05, 3.63) is 65.4 Å². The predicted molar refractivity (Wildman–Crippen MR) is 144 cm³/mol. The number of nitrogens with one attached hydrogen (secondary N) is 4. The van der Waals surface area contributed by atoms with E-state index < -0.39 is 6.04 Å². The van der Waals surface area contributed by atoms with E-state index in [1.54, 1.807) is 0 Å². The lowest BCUT2D eigenvalue weighted by Crippen LogP contribution is -2.46. The number of benzene rings is 2. The van der Waals surface area contributed by atoms with Crippen molar-refractivity contribution in [2.45, 2.75) is 51.6 Å². The van der Waals surface area contributed by atoms with E-state index >= 15 is 0 Å². The maximum atomic E-state index is 13.3. The highest BCUT2D eigenvalue weighted by atomic mass is 16.2. The van der Waals surface area contributed by atoms with Crippen LogP contribution in [0, 0.1) is 5.92 Å². The van der Waals surface area contributed by atoms with Gasteiger partial charge in [0.2, 0.25) is 5.91 Å². The summed E-state index contributed by atoms with van der Waals surface area (Å²) in [5.74, 6) is 0.359. The van der Waals surface area contributed by atoms with Crippen LogP contribution in [0.4, 0.5) is 5.69 Å². The van der Waals surface area contributed by atoms with Gasteiger partial charge in [0, 0.05) is 49.3 Å². The van der Waals surface area contributed by atoms with Crippen LogP contribution in [-0.4, -0.2) is 49.0 Å². The highest BCUT2D eigenvalue weighted by Crippen LogP contribution is 2.34. The number of para-hydroxylation sites is 1. The fourth-order valence-corrected chi connectivity index (χ4v) is 5.13. The lowest BCUT2D eigenvalue weighted by atomic mass is 10.1. The van der Waals surface area contributed by atoms with Gasteiger partial charge in [-0.2, -0.15) is 0 Å². The number of aromatic nitrogens is 1. The van der Waals surface area contributed by atoms with E-state index in [-0.39, 0.29) is 11.8 Å². The van der Waals surface area contributed by atoms with Gasteiger partial charge in [0.25, 0.3) is 5.91 Å². The van der Waals surface area contributed by atoms with Crippen LogP contribution in [0.3, 0.4) is 0 Å². The third-order valence-electron chi connectivity index (χ3n) is 7.46. The quantitative estimate of drug-likeness (QED) is 0.351. The molecule has 1 aromatic heterocycles. The fraction of sp³-hybridized carbons (Fsp3) is 0.448. The van der Waals surface area contributed by atoms with Crippen molar-refractivity contribution in [2.24, 2.45) is 5.92 Å². The number of carbonyl (C=O) groups is 2. The van der Waals surface area contributed by atoms with Crippen molar-refractivity contribution in [1.29, 1.82) is 0 Å². The number of piperazine rings is 1. The molecule has 5 rings (SSSR count). The molecule has 2 aliphatic rings. The van der Waals surface area contributed by atoms with E-state index in [9.17, 15) is 9.59 Å². The number of hydrogen-bond acceptors (Lipinski definition) is 4. The lowest BCUT2D eigenvalue weighted by Gasteiger charge is -2.29. The minimum Gasteiger partial charge on any atom is -0.369 e. The Hall–Kier alpha value is -3.32. The first kappa shape index (κ1) is 24.4. The normalized spacial score (nSPS) is 16.6. The largest absolute Gasteiger partial charge is 0.369 e. The second-order valence-corrected chi connectivity index (χ2v) is 10.0. The van der Waals surface area contributed by atoms with Crippen molar-refractivity contribution >= 4 is 28.4 Å². The van der Waals surface area contributed by atoms with Crippen LogP contribution < -0.4 is 20.9 Å². The molecule has 0 bridgehead atoms. The summed E-state index contributed by atoms with van der Waals surface area (Å²) >= 11 is 0. The molecule has 2 fully saturated rings. The Morgan fingerprint density at radius 1 is 1.06 bits per heavy atom. The predicted octanol–water partition coefficient (Wildman–Crippen LogP) is 3.74.